The van der Waals surface area contributed by atoms with Crippen LogP contribution in [0.2, 0.25) is 0 Å². The van der Waals surface area contributed by atoms with Crippen LogP contribution in [0.5, 0.6) is 0 Å². The van der Waals surface area contributed by atoms with Crippen LogP contribution in [-0.4, -0.2) is 29.6 Å². The van der Waals surface area contributed by atoms with E-state index < -0.39 is 0 Å². The van der Waals surface area contributed by atoms with Gasteiger partial charge in [0.2, 0.25) is 5.95 Å². The van der Waals surface area contributed by atoms with Crippen molar-refractivity contribution in [2.24, 2.45) is 0 Å². The van der Waals surface area contributed by atoms with Crippen molar-refractivity contribution in [3.8, 4) is 0 Å². The van der Waals surface area contributed by atoms with Crippen molar-refractivity contribution >= 4 is 33.3 Å². The molecule has 2 aromatic rings. The van der Waals surface area contributed by atoms with Crippen LogP contribution in [0.4, 0.5) is 11.8 Å². The Bertz CT molecular complexity index is 575. The van der Waals surface area contributed by atoms with Gasteiger partial charge in [-0.2, -0.15) is 4.98 Å². The topological polar surface area (TPSA) is 41.1 Å². The molecule has 2 heterocycles. The number of aromatic nitrogens is 2. The Labute approximate surface area is 125 Å². The number of nitrogens with zero attached hydrogens (tertiary/aromatic N) is 3. The number of anilines is 2. The van der Waals surface area contributed by atoms with Crippen LogP contribution in [0, 0.1) is 6.92 Å². The normalized spacial score (nSPS) is 11.3. The lowest BCUT2D eigenvalue weighted by atomic mass is 10.1. The average Bonchev–Trinajstić information content (AvgIpc) is 2.79. The Morgan fingerprint density at radius 3 is 2.55 bits per heavy atom. The fraction of sp³-hybridized carbons (Fsp3) is 0.600. The molecule has 0 atom stereocenters. The van der Waals surface area contributed by atoms with Gasteiger partial charge in [0, 0.05) is 24.5 Å². The molecule has 0 aromatic carbocycles. The first-order valence-corrected chi connectivity index (χ1v) is 8.17. The van der Waals surface area contributed by atoms with E-state index in [4.69, 9.17) is 4.98 Å². The number of fused-ring (bicyclic) bond motifs is 1. The molecule has 5 heteroatoms. The van der Waals surface area contributed by atoms with Crippen molar-refractivity contribution in [3.05, 3.63) is 10.9 Å². The minimum atomic E-state index is 0.516. The Hall–Kier alpha value is -1.36. The molecular weight excluding hydrogens is 268 g/mol. The number of nitrogens with one attached hydrogen (secondary N) is 1. The van der Waals surface area contributed by atoms with E-state index in [-0.39, 0.29) is 0 Å². The maximum Gasteiger partial charge on any atom is 0.226 e. The summed E-state index contributed by atoms with van der Waals surface area (Å²) < 4.78 is 0. The van der Waals surface area contributed by atoms with Crippen LogP contribution in [0.3, 0.4) is 0 Å². The standard InChI is InChI=1S/C15H24N4S/c1-6-11(7-2)19(5)13-12-9-10(4)20-14(12)18-15(17-13)16-8-3/h9,11H,6-8H2,1-5H3,(H,16,17,18). The van der Waals surface area contributed by atoms with Crippen LogP contribution < -0.4 is 10.2 Å². The third-order valence-electron chi connectivity index (χ3n) is 3.66. The summed E-state index contributed by atoms with van der Waals surface area (Å²) in [6.07, 6.45) is 2.25. The van der Waals surface area contributed by atoms with Gasteiger partial charge < -0.3 is 10.2 Å². The van der Waals surface area contributed by atoms with Crippen LogP contribution in [0.25, 0.3) is 10.2 Å². The third-order valence-corrected chi connectivity index (χ3v) is 4.60. The molecule has 2 aromatic heterocycles. The van der Waals surface area contributed by atoms with Gasteiger partial charge in [0.15, 0.2) is 0 Å². The molecule has 0 saturated heterocycles. The Morgan fingerprint density at radius 2 is 1.95 bits per heavy atom. The van der Waals surface area contributed by atoms with Gasteiger partial charge in [-0.3, -0.25) is 0 Å². The van der Waals surface area contributed by atoms with Crippen LogP contribution in [-0.2, 0) is 0 Å². The van der Waals surface area contributed by atoms with E-state index in [1.54, 1.807) is 11.3 Å². The van der Waals surface area contributed by atoms with Crippen molar-refractivity contribution in [1.29, 1.82) is 0 Å². The lowest BCUT2D eigenvalue weighted by Crippen LogP contribution is -2.31. The van der Waals surface area contributed by atoms with E-state index in [2.05, 4.69) is 56.0 Å². The maximum absolute atomic E-state index is 4.73. The van der Waals surface area contributed by atoms with Crippen LogP contribution in [0.1, 0.15) is 38.5 Å². The van der Waals surface area contributed by atoms with Gasteiger partial charge in [0.1, 0.15) is 10.6 Å². The molecule has 0 aliphatic rings. The maximum atomic E-state index is 4.73. The highest BCUT2D eigenvalue weighted by molar-refractivity contribution is 7.18. The molecule has 0 bridgehead atoms. The van der Waals surface area contributed by atoms with Gasteiger partial charge in [-0.05, 0) is 32.8 Å². The van der Waals surface area contributed by atoms with E-state index >= 15 is 0 Å². The molecule has 20 heavy (non-hydrogen) atoms. The van der Waals surface area contributed by atoms with E-state index in [1.807, 2.05) is 0 Å². The number of thiophene rings is 1. The summed E-state index contributed by atoms with van der Waals surface area (Å²) in [4.78, 5) is 14.0. The van der Waals surface area contributed by atoms with Gasteiger partial charge in [0.05, 0.1) is 5.39 Å². The second-order valence-corrected chi connectivity index (χ2v) is 6.29. The summed E-state index contributed by atoms with van der Waals surface area (Å²) in [6, 6.07) is 2.71. The summed E-state index contributed by atoms with van der Waals surface area (Å²) in [7, 11) is 2.14. The molecule has 0 aliphatic carbocycles. The lowest BCUT2D eigenvalue weighted by Gasteiger charge is -2.28. The van der Waals surface area contributed by atoms with E-state index in [0.29, 0.717) is 6.04 Å². The van der Waals surface area contributed by atoms with Gasteiger partial charge in [0.25, 0.3) is 0 Å². The zero-order valence-corrected chi connectivity index (χ0v) is 13.8. The van der Waals surface area contributed by atoms with Crippen molar-refractivity contribution in [3.63, 3.8) is 0 Å². The smallest absolute Gasteiger partial charge is 0.226 e. The number of hydrogen-bond acceptors (Lipinski definition) is 5. The highest BCUT2D eigenvalue weighted by atomic mass is 32.1. The molecule has 0 aliphatic heterocycles. The van der Waals surface area contributed by atoms with Gasteiger partial charge in [-0.15, -0.1) is 11.3 Å². The molecule has 0 saturated carbocycles. The van der Waals surface area contributed by atoms with Gasteiger partial charge in [-0.25, -0.2) is 4.98 Å². The zero-order chi connectivity index (χ0) is 14.7. The van der Waals surface area contributed by atoms with E-state index in [0.717, 1.165) is 36.0 Å². The summed E-state index contributed by atoms with van der Waals surface area (Å²) in [5.74, 6) is 1.78. The minimum absolute atomic E-state index is 0.516. The highest BCUT2D eigenvalue weighted by Gasteiger charge is 2.18. The first-order chi connectivity index (χ1) is 9.60. The van der Waals surface area contributed by atoms with Gasteiger partial charge >= 0.3 is 0 Å². The van der Waals surface area contributed by atoms with E-state index in [9.17, 15) is 0 Å². The number of hydrogen-bond donors (Lipinski definition) is 1. The Balaban J connectivity index is 2.53. The predicted octanol–water partition coefficient (Wildman–Crippen LogP) is 4.06. The second-order valence-electron chi connectivity index (χ2n) is 5.06. The zero-order valence-electron chi connectivity index (χ0n) is 13.0. The van der Waals surface area contributed by atoms with Crippen molar-refractivity contribution < 1.29 is 0 Å². The summed E-state index contributed by atoms with van der Waals surface area (Å²) in [6.45, 7) is 9.49. The average molecular weight is 292 g/mol. The first kappa shape index (κ1) is 15.0. The van der Waals surface area contributed by atoms with E-state index in [1.165, 1.54) is 10.3 Å². The first-order valence-electron chi connectivity index (χ1n) is 7.35. The third kappa shape index (κ3) is 2.87. The van der Waals surface area contributed by atoms with Crippen molar-refractivity contribution in [2.45, 2.75) is 46.6 Å². The summed E-state index contributed by atoms with van der Waals surface area (Å²) in [5, 5.41) is 4.41. The summed E-state index contributed by atoms with van der Waals surface area (Å²) in [5.41, 5.74) is 0. The predicted molar refractivity (Wildman–Crippen MR) is 89.1 cm³/mol. The molecule has 0 amide bonds. The van der Waals surface area contributed by atoms with Crippen LogP contribution >= 0.6 is 11.3 Å². The monoisotopic (exact) mass is 292 g/mol. The Morgan fingerprint density at radius 1 is 1.25 bits per heavy atom. The fourth-order valence-corrected chi connectivity index (χ4v) is 3.42. The molecule has 4 nitrogen and oxygen atoms in total. The SMILES string of the molecule is CCNc1nc(N(C)C(CC)CC)c2cc(C)sc2n1. The molecular formula is C15H24N4S. The fourth-order valence-electron chi connectivity index (χ4n) is 2.54. The van der Waals surface area contributed by atoms with Crippen molar-refractivity contribution in [2.75, 3.05) is 23.8 Å². The molecule has 1 N–H and O–H groups in total. The largest absolute Gasteiger partial charge is 0.356 e. The molecule has 0 spiro atoms. The minimum Gasteiger partial charge on any atom is -0.356 e. The molecule has 0 fully saturated rings. The number of aryl methyl sites for hydroxylation is 1. The molecule has 2 rings (SSSR count). The molecule has 0 radical (unpaired) electrons. The second kappa shape index (κ2) is 6.39. The Kier molecular flexibility index (Phi) is 4.81. The number of rotatable bonds is 6. The lowest BCUT2D eigenvalue weighted by molar-refractivity contribution is 0.588. The van der Waals surface area contributed by atoms with Crippen molar-refractivity contribution in [1.82, 2.24) is 9.97 Å². The quantitative estimate of drug-likeness (QED) is 0.872. The summed E-state index contributed by atoms with van der Waals surface area (Å²) >= 11 is 1.73. The highest BCUT2D eigenvalue weighted by Crippen LogP contribution is 2.32. The van der Waals surface area contributed by atoms with Gasteiger partial charge in [-0.1, -0.05) is 13.8 Å². The molecule has 0 unspecified atom stereocenters. The molecule has 110 valence electrons. The van der Waals surface area contributed by atoms with Crippen LogP contribution in [0.15, 0.2) is 6.07 Å².